The molecule has 0 saturated carbocycles. The molecule has 1 aliphatic rings. The van der Waals surface area contributed by atoms with Gasteiger partial charge >= 0.3 is 0 Å². The Morgan fingerprint density at radius 2 is 2.09 bits per heavy atom. The number of piperazine rings is 1. The van der Waals surface area contributed by atoms with Crippen molar-refractivity contribution in [2.24, 2.45) is 0 Å². The summed E-state index contributed by atoms with van der Waals surface area (Å²) in [5.74, 6) is 0.713. The smallest absolute Gasteiger partial charge is 0.282 e. The first-order valence-corrected chi connectivity index (χ1v) is 8.48. The third-order valence-corrected chi connectivity index (χ3v) is 5.90. The van der Waals surface area contributed by atoms with Crippen LogP contribution in [0.2, 0.25) is 0 Å². The largest absolute Gasteiger partial charge is 0.496 e. The normalized spacial score (nSPS) is 19.7. The van der Waals surface area contributed by atoms with Crippen LogP contribution in [0.25, 0.3) is 0 Å². The third-order valence-electron chi connectivity index (χ3n) is 3.83. The zero-order chi connectivity index (χ0) is 15.5. The number of para-hydroxylation sites is 1. The topological polar surface area (TPSA) is 61.9 Å². The van der Waals surface area contributed by atoms with Gasteiger partial charge in [0.1, 0.15) is 5.75 Å². The van der Waals surface area contributed by atoms with Crippen LogP contribution >= 0.6 is 12.4 Å². The molecule has 1 fully saturated rings. The minimum Gasteiger partial charge on any atom is -0.496 e. The summed E-state index contributed by atoms with van der Waals surface area (Å²) >= 11 is 0. The van der Waals surface area contributed by atoms with Crippen LogP contribution in [0.15, 0.2) is 24.3 Å². The summed E-state index contributed by atoms with van der Waals surface area (Å²) in [5, 5.41) is 3.26. The van der Waals surface area contributed by atoms with E-state index in [-0.39, 0.29) is 18.4 Å². The van der Waals surface area contributed by atoms with E-state index in [0.29, 0.717) is 31.9 Å². The predicted octanol–water partition coefficient (Wildman–Crippen LogP) is 1.26. The van der Waals surface area contributed by atoms with Gasteiger partial charge in [-0.25, -0.2) is 0 Å². The molecule has 1 aliphatic heterocycles. The van der Waals surface area contributed by atoms with Crippen molar-refractivity contribution in [3.05, 3.63) is 29.8 Å². The Bertz CT molecular complexity index is 582. The highest BCUT2D eigenvalue weighted by Crippen LogP contribution is 2.32. The minimum absolute atomic E-state index is 0. The van der Waals surface area contributed by atoms with Gasteiger partial charge < -0.3 is 10.1 Å². The molecule has 8 heteroatoms. The molecule has 0 spiro atoms. The van der Waals surface area contributed by atoms with Gasteiger partial charge in [0.05, 0.1) is 13.2 Å². The van der Waals surface area contributed by atoms with Crippen LogP contribution < -0.4 is 10.1 Å². The monoisotopic (exact) mass is 349 g/mol. The molecule has 1 aromatic rings. The number of nitrogens with one attached hydrogen (secondary N) is 1. The van der Waals surface area contributed by atoms with Gasteiger partial charge in [0.15, 0.2) is 0 Å². The fourth-order valence-corrected chi connectivity index (χ4v) is 4.03. The number of rotatable bonds is 5. The molecule has 0 amide bonds. The SMILES string of the molecule is CCN(C)S(=O)(=O)N1CCNCC1c1ccccc1OC.Cl. The van der Waals surface area contributed by atoms with E-state index in [0.717, 1.165) is 5.56 Å². The van der Waals surface area contributed by atoms with Crippen LogP contribution in [0, 0.1) is 0 Å². The molecule has 1 atom stereocenters. The van der Waals surface area contributed by atoms with E-state index in [1.54, 1.807) is 18.5 Å². The van der Waals surface area contributed by atoms with E-state index in [9.17, 15) is 8.42 Å². The lowest BCUT2D eigenvalue weighted by atomic mass is 10.0. The van der Waals surface area contributed by atoms with Crippen molar-refractivity contribution in [2.45, 2.75) is 13.0 Å². The maximum Gasteiger partial charge on any atom is 0.282 e. The van der Waals surface area contributed by atoms with Crippen LogP contribution in [-0.2, 0) is 10.2 Å². The summed E-state index contributed by atoms with van der Waals surface area (Å²) < 4.78 is 33.7. The van der Waals surface area contributed by atoms with E-state index < -0.39 is 10.2 Å². The highest BCUT2D eigenvalue weighted by Gasteiger charge is 2.36. The quantitative estimate of drug-likeness (QED) is 0.869. The predicted molar refractivity (Wildman–Crippen MR) is 89.8 cm³/mol. The Morgan fingerprint density at radius 1 is 1.41 bits per heavy atom. The second kappa shape index (κ2) is 8.12. The van der Waals surface area contributed by atoms with Crippen molar-refractivity contribution >= 4 is 22.6 Å². The maximum absolute atomic E-state index is 12.7. The van der Waals surface area contributed by atoms with Crippen LogP contribution in [-0.4, -0.2) is 57.4 Å². The van der Waals surface area contributed by atoms with Gasteiger partial charge in [-0.05, 0) is 6.07 Å². The highest BCUT2D eigenvalue weighted by atomic mass is 35.5. The van der Waals surface area contributed by atoms with Gasteiger partial charge in [0.2, 0.25) is 0 Å². The van der Waals surface area contributed by atoms with Crippen molar-refractivity contribution in [3.8, 4) is 5.75 Å². The number of methoxy groups -OCH3 is 1. The zero-order valence-corrected chi connectivity index (χ0v) is 14.8. The molecule has 2 rings (SSSR count). The zero-order valence-electron chi connectivity index (χ0n) is 13.2. The fourth-order valence-electron chi connectivity index (χ4n) is 2.51. The number of nitrogens with zero attached hydrogens (tertiary/aromatic N) is 2. The molecule has 22 heavy (non-hydrogen) atoms. The van der Waals surface area contributed by atoms with Crippen LogP contribution in [0.4, 0.5) is 0 Å². The first kappa shape index (κ1) is 19.2. The lowest BCUT2D eigenvalue weighted by Crippen LogP contribution is -2.52. The second-order valence-corrected chi connectivity index (χ2v) is 6.98. The number of ether oxygens (including phenoxy) is 1. The number of halogens is 1. The first-order chi connectivity index (χ1) is 10.0. The Morgan fingerprint density at radius 3 is 2.73 bits per heavy atom. The molecule has 1 heterocycles. The number of benzene rings is 1. The molecular weight excluding hydrogens is 326 g/mol. The lowest BCUT2D eigenvalue weighted by Gasteiger charge is -2.37. The Labute approximate surface area is 139 Å². The molecule has 1 N–H and O–H groups in total. The maximum atomic E-state index is 12.7. The molecule has 1 saturated heterocycles. The van der Waals surface area contributed by atoms with Crippen molar-refractivity contribution in [1.82, 2.24) is 13.9 Å². The van der Waals surface area contributed by atoms with Gasteiger partial charge in [0.25, 0.3) is 10.2 Å². The van der Waals surface area contributed by atoms with Crippen molar-refractivity contribution in [1.29, 1.82) is 0 Å². The summed E-state index contributed by atoms with van der Waals surface area (Å²) in [6.07, 6.45) is 0. The van der Waals surface area contributed by atoms with Crippen LogP contribution in [0.3, 0.4) is 0 Å². The molecule has 0 aromatic heterocycles. The first-order valence-electron chi connectivity index (χ1n) is 7.09. The van der Waals surface area contributed by atoms with E-state index >= 15 is 0 Å². The Hall–Kier alpha value is -0.860. The van der Waals surface area contributed by atoms with E-state index in [1.165, 1.54) is 4.31 Å². The molecule has 1 unspecified atom stereocenters. The number of hydrogen-bond acceptors (Lipinski definition) is 4. The molecular formula is C14H24ClN3O3S. The minimum atomic E-state index is -3.46. The molecule has 0 bridgehead atoms. The van der Waals surface area contributed by atoms with E-state index in [4.69, 9.17) is 4.74 Å². The summed E-state index contributed by atoms with van der Waals surface area (Å²) in [7, 11) is -0.252. The highest BCUT2D eigenvalue weighted by molar-refractivity contribution is 7.86. The lowest BCUT2D eigenvalue weighted by molar-refractivity contribution is 0.248. The average molecular weight is 350 g/mol. The fraction of sp³-hybridized carbons (Fsp3) is 0.571. The molecule has 1 aromatic carbocycles. The van der Waals surface area contributed by atoms with Crippen molar-refractivity contribution < 1.29 is 13.2 Å². The van der Waals surface area contributed by atoms with E-state index in [1.807, 2.05) is 31.2 Å². The molecule has 0 aliphatic carbocycles. The van der Waals surface area contributed by atoms with Gasteiger partial charge in [-0.3, -0.25) is 0 Å². The van der Waals surface area contributed by atoms with Crippen LogP contribution in [0.5, 0.6) is 5.75 Å². The molecule has 126 valence electrons. The van der Waals surface area contributed by atoms with Crippen LogP contribution in [0.1, 0.15) is 18.5 Å². The van der Waals surface area contributed by atoms with Gasteiger partial charge in [-0.15, -0.1) is 12.4 Å². The number of hydrogen-bond donors (Lipinski definition) is 1. The summed E-state index contributed by atoms with van der Waals surface area (Å²) in [6.45, 7) is 3.97. The third kappa shape index (κ3) is 3.72. The van der Waals surface area contributed by atoms with E-state index in [2.05, 4.69) is 5.32 Å². The average Bonchev–Trinajstić information content (AvgIpc) is 2.53. The summed E-state index contributed by atoms with van der Waals surface area (Å²) in [5.41, 5.74) is 0.889. The Balaban J connectivity index is 0.00000242. The molecule has 6 nitrogen and oxygen atoms in total. The summed E-state index contributed by atoms with van der Waals surface area (Å²) in [4.78, 5) is 0. The van der Waals surface area contributed by atoms with Gasteiger partial charge in [-0.2, -0.15) is 17.0 Å². The summed E-state index contributed by atoms with van der Waals surface area (Å²) in [6, 6.07) is 7.31. The molecule has 0 radical (unpaired) electrons. The standard InChI is InChI=1S/C14H23N3O3S.ClH/c1-4-16(2)21(18,19)17-10-9-15-11-13(17)12-7-5-6-8-14(12)20-3;/h5-8,13,15H,4,9-11H2,1-3H3;1H. The second-order valence-electron chi connectivity index (χ2n) is 4.99. The van der Waals surface area contributed by atoms with Gasteiger partial charge in [-0.1, -0.05) is 25.1 Å². The van der Waals surface area contributed by atoms with Crippen molar-refractivity contribution in [3.63, 3.8) is 0 Å². The van der Waals surface area contributed by atoms with Crippen molar-refractivity contribution in [2.75, 3.05) is 40.3 Å². The Kier molecular flexibility index (Phi) is 7.08. The van der Waals surface area contributed by atoms with Gasteiger partial charge in [0, 0.05) is 38.8 Å².